The number of hydrogen-bond acceptors (Lipinski definition) is 5. The number of carbonyl (C=O) groups excluding carboxylic acids is 2. The zero-order chi connectivity index (χ0) is 20.2. The summed E-state index contributed by atoms with van der Waals surface area (Å²) in [6.45, 7) is 3.52. The van der Waals surface area contributed by atoms with E-state index >= 15 is 0 Å². The zero-order valence-corrected chi connectivity index (χ0v) is 17.3. The number of carbonyl (C=O) groups is 2. The minimum absolute atomic E-state index is 0.0123. The third-order valence-electron chi connectivity index (χ3n) is 5.20. The largest absolute Gasteiger partial charge is 0.339 e. The molecule has 0 aromatic carbocycles. The Labute approximate surface area is 174 Å². The van der Waals surface area contributed by atoms with Gasteiger partial charge in [0.1, 0.15) is 10.8 Å². The molecule has 4 heterocycles. The first-order chi connectivity index (χ1) is 14.1. The Morgan fingerprint density at radius 1 is 1.17 bits per heavy atom. The molecule has 1 fully saturated rings. The van der Waals surface area contributed by atoms with Gasteiger partial charge in [-0.15, -0.1) is 11.3 Å². The first-order valence-electron chi connectivity index (χ1n) is 9.94. The number of anilines is 1. The summed E-state index contributed by atoms with van der Waals surface area (Å²) in [7, 11) is 0. The van der Waals surface area contributed by atoms with Crippen LogP contribution in [0, 0.1) is 6.92 Å². The van der Waals surface area contributed by atoms with Crippen LogP contribution in [0.5, 0.6) is 0 Å². The van der Waals surface area contributed by atoms with E-state index < -0.39 is 0 Å². The van der Waals surface area contributed by atoms with E-state index in [1.165, 1.54) is 10.5 Å². The smallest absolute Gasteiger partial charge is 0.246 e. The van der Waals surface area contributed by atoms with Crippen LogP contribution in [0.25, 0.3) is 12.2 Å². The molecule has 7 heteroatoms. The molecule has 2 amide bonds. The van der Waals surface area contributed by atoms with Crippen molar-refractivity contribution in [3.05, 3.63) is 51.1 Å². The lowest BCUT2D eigenvalue weighted by atomic mass is 10.0. The predicted molar refractivity (Wildman–Crippen MR) is 115 cm³/mol. The lowest BCUT2D eigenvalue weighted by Gasteiger charge is -2.27. The normalized spacial score (nSPS) is 17.1. The van der Waals surface area contributed by atoms with Crippen molar-refractivity contribution in [1.82, 2.24) is 14.9 Å². The quantitative estimate of drug-likeness (QED) is 0.783. The number of thiazole rings is 1. The SMILES string of the molecule is Cc1cnc(C=C2CCN(C(=O)/C=C/c3cnc4c(c3)CCCC(=O)N4)CC2)s1. The Kier molecular flexibility index (Phi) is 5.85. The van der Waals surface area contributed by atoms with E-state index in [1.54, 1.807) is 23.6 Å². The van der Waals surface area contributed by atoms with Gasteiger partial charge in [0.15, 0.2) is 0 Å². The lowest BCUT2D eigenvalue weighted by molar-refractivity contribution is -0.126. The molecule has 6 nitrogen and oxygen atoms in total. The minimum atomic E-state index is 0.0123. The van der Waals surface area contributed by atoms with Crippen molar-refractivity contribution >= 4 is 41.1 Å². The fourth-order valence-corrected chi connectivity index (χ4v) is 4.37. The van der Waals surface area contributed by atoms with Crippen LogP contribution < -0.4 is 5.32 Å². The maximum absolute atomic E-state index is 12.6. The summed E-state index contributed by atoms with van der Waals surface area (Å²) in [5, 5.41) is 3.88. The monoisotopic (exact) mass is 408 g/mol. The van der Waals surface area contributed by atoms with E-state index in [4.69, 9.17) is 0 Å². The van der Waals surface area contributed by atoms with Gasteiger partial charge in [0.25, 0.3) is 0 Å². The van der Waals surface area contributed by atoms with Crippen LogP contribution >= 0.6 is 11.3 Å². The summed E-state index contributed by atoms with van der Waals surface area (Å²) in [6.07, 6.45) is 13.1. The van der Waals surface area contributed by atoms with Crippen LogP contribution in [0.15, 0.2) is 30.1 Å². The van der Waals surface area contributed by atoms with Gasteiger partial charge in [-0.2, -0.15) is 0 Å². The number of amides is 2. The highest BCUT2D eigenvalue weighted by Crippen LogP contribution is 2.23. The minimum Gasteiger partial charge on any atom is -0.339 e. The zero-order valence-electron chi connectivity index (χ0n) is 16.5. The van der Waals surface area contributed by atoms with Crippen LogP contribution in [0.1, 0.15) is 46.7 Å². The van der Waals surface area contributed by atoms with Crippen LogP contribution in [-0.2, 0) is 16.0 Å². The molecule has 0 unspecified atom stereocenters. The fraction of sp³-hybridized carbons (Fsp3) is 0.364. The van der Waals surface area contributed by atoms with Crippen LogP contribution in [0.2, 0.25) is 0 Å². The molecule has 29 heavy (non-hydrogen) atoms. The summed E-state index contributed by atoms with van der Waals surface area (Å²) in [6, 6.07) is 2.00. The molecule has 150 valence electrons. The van der Waals surface area contributed by atoms with Crippen molar-refractivity contribution in [3.63, 3.8) is 0 Å². The number of rotatable bonds is 3. The van der Waals surface area contributed by atoms with Gasteiger partial charge >= 0.3 is 0 Å². The summed E-state index contributed by atoms with van der Waals surface area (Å²) in [4.78, 5) is 36.0. The summed E-state index contributed by atoms with van der Waals surface area (Å²) < 4.78 is 0. The van der Waals surface area contributed by atoms with Crippen molar-refractivity contribution in [1.29, 1.82) is 0 Å². The number of aryl methyl sites for hydroxylation is 2. The second-order valence-corrected chi connectivity index (χ2v) is 8.71. The Bertz CT molecular complexity index is 982. The highest BCUT2D eigenvalue weighted by Gasteiger charge is 2.18. The Hall–Kier alpha value is -2.80. The molecule has 2 aliphatic rings. The average molecular weight is 409 g/mol. The second kappa shape index (κ2) is 8.69. The van der Waals surface area contributed by atoms with E-state index in [0.29, 0.717) is 12.2 Å². The first-order valence-corrected chi connectivity index (χ1v) is 10.8. The molecule has 0 atom stereocenters. The summed E-state index contributed by atoms with van der Waals surface area (Å²) in [5.41, 5.74) is 3.25. The molecular formula is C22H24N4O2S. The van der Waals surface area contributed by atoms with Crippen molar-refractivity contribution in [2.24, 2.45) is 0 Å². The highest BCUT2D eigenvalue weighted by molar-refractivity contribution is 7.12. The van der Waals surface area contributed by atoms with Gasteiger partial charge in [-0.05, 0) is 62.0 Å². The molecular weight excluding hydrogens is 384 g/mol. The van der Waals surface area contributed by atoms with E-state index in [0.717, 1.165) is 54.9 Å². The topological polar surface area (TPSA) is 75.2 Å². The molecule has 0 spiro atoms. The number of likely N-dealkylation sites (tertiary alicyclic amines) is 1. The van der Waals surface area contributed by atoms with Gasteiger partial charge in [-0.3, -0.25) is 9.59 Å². The van der Waals surface area contributed by atoms with Crippen LogP contribution in [-0.4, -0.2) is 39.8 Å². The van der Waals surface area contributed by atoms with E-state index in [-0.39, 0.29) is 11.8 Å². The molecule has 1 N–H and O–H groups in total. The number of aromatic nitrogens is 2. The fourth-order valence-electron chi connectivity index (χ4n) is 3.60. The highest BCUT2D eigenvalue weighted by atomic mass is 32.1. The number of nitrogens with one attached hydrogen (secondary N) is 1. The van der Waals surface area contributed by atoms with Crippen molar-refractivity contribution in [3.8, 4) is 0 Å². The maximum atomic E-state index is 12.6. The second-order valence-electron chi connectivity index (χ2n) is 7.45. The molecule has 2 aliphatic heterocycles. The van der Waals surface area contributed by atoms with E-state index in [9.17, 15) is 9.59 Å². The summed E-state index contributed by atoms with van der Waals surface area (Å²) >= 11 is 1.70. The molecule has 2 aromatic rings. The van der Waals surface area contributed by atoms with E-state index in [2.05, 4.69) is 28.3 Å². The lowest BCUT2D eigenvalue weighted by Crippen LogP contribution is -2.35. The van der Waals surface area contributed by atoms with Gasteiger partial charge in [-0.25, -0.2) is 9.97 Å². The first kappa shape index (κ1) is 19.5. The molecule has 2 aromatic heterocycles. The number of piperidine rings is 1. The number of hydrogen-bond donors (Lipinski definition) is 1. The van der Waals surface area contributed by atoms with Crippen molar-refractivity contribution < 1.29 is 9.59 Å². The third kappa shape index (κ3) is 4.98. The Morgan fingerprint density at radius 2 is 2.00 bits per heavy atom. The predicted octanol–water partition coefficient (Wildman–Crippen LogP) is 3.84. The Morgan fingerprint density at radius 3 is 2.76 bits per heavy atom. The van der Waals surface area contributed by atoms with Crippen LogP contribution in [0.3, 0.4) is 0 Å². The maximum Gasteiger partial charge on any atom is 0.246 e. The van der Waals surface area contributed by atoms with Gasteiger partial charge < -0.3 is 10.2 Å². The van der Waals surface area contributed by atoms with Gasteiger partial charge in [0.2, 0.25) is 11.8 Å². The number of nitrogens with zero attached hydrogens (tertiary/aromatic N) is 3. The standard InChI is InChI=1S/C22H24N4O2S/c1-15-13-23-20(29-15)12-16-7-9-26(10-8-16)21(28)6-5-17-11-18-3-2-4-19(27)25-22(18)24-14-17/h5-6,11-14H,2-4,7-10H2,1H3,(H,24,25,27)/b6-5+. The molecule has 0 radical (unpaired) electrons. The number of fused-ring (bicyclic) bond motifs is 1. The molecule has 4 rings (SSSR count). The molecule has 0 saturated carbocycles. The van der Waals surface area contributed by atoms with E-state index in [1.807, 2.05) is 23.2 Å². The molecule has 0 bridgehead atoms. The molecule has 0 aliphatic carbocycles. The van der Waals surface area contributed by atoms with Gasteiger partial charge in [0.05, 0.1) is 0 Å². The third-order valence-corrected chi connectivity index (χ3v) is 6.06. The summed E-state index contributed by atoms with van der Waals surface area (Å²) in [5.74, 6) is 0.678. The van der Waals surface area contributed by atoms with Gasteiger partial charge in [0, 0.05) is 42.9 Å². The van der Waals surface area contributed by atoms with Crippen molar-refractivity contribution in [2.45, 2.75) is 39.0 Å². The number of pyridine rings is 1. The molecule has 1 saturated heterocycles. The van der Waals surface area contributed by atoms with Crippen LogP contribution in [0.4, 0.5) is 5.82 Å². The van der Waals surface area contributed by atoms with Gasteiger partial charge in [-0.1, -0.05) is 5.57 Å². The van der Waals surface area contributed by atoms with Crippen molar-refractivity contribution in [2.75, 3.05) is 18.4 Å². The average Bonchev–Trinajstić information content (AvgIpc) is 3.02. The Balaban J connectivity index is 1.35.